The summed E-state index contributed by atoms with van der Waals surface area (Å²) >= 11 is 3.34. The van der Waals surface area contributed by atoms with Gasteiger partial charge in [-0.2, -0.15) is 0 Å². The molecule has 0 spiro atoms. The van der Waals surface area contributed by atoms with E-state index in [2.05, 4.69) is 26.6 Å². The molecule has 0 aliphatic rings. The van der Waals surface area contributed by atoms with Gasteiger partial charge < -0.3 is 15.8 Å². The number of hydrogen-bond acceptors (Lipinski definition) is 4. The van der Waals surface area contributed by atoms with Crippen molar-refractivity contribution in [2.45, 2.75) is 26.0 Å². The summed E-state index contributed by atoms with van der Waals surface area (Å²) in [6.45, 7) is 3.38. The van der Waals surface area contributed by atoms with Crippen molar-refractivity contribution in [2.24, 2.45) is 5.73 Å². The Hall–Kier alpha value is -1.60. The Bertz CT molecular complexity index is 506. The van der Waals surface area contributed by atoms with E-state index in [1.807, 2.05) is 19.1 Å². The summed E-state index contributed by atoms with van der Waals surface area (Å²) in [6.07, 6.45) is -0.820. The van der Waals surface area contributed by atoms with Crippen LogP contribution in [-0.2, 0) is 4.79 Å². The van der Waals surface area contributed by atoms with Crippen LogP contribution in [0.1, 0.15) is 25.5 Å². The Morgan fingerprint density at radius 3 is 2.55 bits per heavy atom. The number of amides is 3. The minimum absolute atomic E-state index is 0.229. The molecule has 0 saturated heterocycles. The maximum absolute atomic E-state index is 11.7. The second-order valence-electron chi connectivity index (χ2n) is 4.30. The molecular weight excluding hydrogens is 326 g/mol. The van der Waals surface area contributed by atoms with Gasteiger partial charge in [0.2, 0.25) is 0 Å². The molecule has 20 heavy (non-hydrogen) atoms. The van der Waals surface area contributed by atoms with Gasteiger partial charge in [-0.05, 0) is 26.0 Å². The zero-order valence-corrected chi connectivity index (χ0v) is 13.2. The van der Waals surface area contributed by atoms with Crippen molar-refractivity contribution in [1.29, 1.82) is 0 Å². The number of carbonyl (C=O) groups is 2. The van der Waals surface area contributed by atoms with Crippen LogP contribution in [0.5, 0.6) is 5.75 Å². The van der Waals surface area contributed by atoms with Gasteiger partial charge in [0, 0.05) is 23.1 Å². The van der Waals surface area contributed by atoms with E-state index in [1.165, 1.54) is 7.05 Å². The summed E-state index contributed by atoms with van der Waals surface area (Å²) < 4.78 is 6.41. The summed E-state index contributed by atoms with van der Waals surface area (Å²) in [5.74, 6) is -0.0196. The van der Waals surface area contributed by atoms with E-state index in [9.17, 15) is 9.59 Å². The third kappa shape index (κ3) is 4.50. The quantitative estimate of drug-likeness (QED) is 0.775. The van der Waals surface area contributed by atoms with Crippen LogP contribution in [0.15, 0.2) is 22.7 Å². The Labute approximate surface area is 126 Å². The van der Waals surface area contributed by atoms with Crippen molar-refractivity contribution < 1.29 is 14.3 Å². The van der Waals surface area contributed by atoms with Gasteiger partial charge in [-0.3, -0.25) is 10.1 Å². The number of halogens is 1. The number of rotatable bonds is 4. The highest BCUT2D eigenvalue weighted by atomic mass is 79.9. The van der Waals surface area contributed by atoms with Crippen LogP contribution < -0.4 is 21.1 Å². The van der Waals surface area contributed by atoms with E-state index < -0.39 is 18.0 Å². The van der Waals surface area contributed by atoms with Crippen molar-refractivity contribution in [2.75, 3.05) is 7.05 Å². The molecule has 0 aliphatic heterocycles. The lowest BCUT2D eigenvalue weighted by atomic mass is 10.1. The summed E-state index contributed by atoms with van der Waals surface area (Å²) in [5.41, 5.74) is 6.64. The van der Waals surface area contributed by atoms with E-state index >= 15 is 0 Å². The van der Waals surface area contributed by atoms with Crippen molar-refractivity contribution in [3.05, 3.63) is 28.2 Å². The molecule has 0 fully saturated rings. The van der Waals surface area contributed by atoms with Crippen LogP contribution in [-0.4, -0.2) is 25.1 Å². The zero-order valence-electron chi connectivity index (χ0n) is 11.6. The highest BCUT2D eigenvalue weighted by Gasteiger charge is 2.19. The average Bonchev–Trinajstić information content (AvgIpc) is 2.38. The van der Waals surface area contributed by atoms with E-state index in [4.69, 9.17) is 10.5 Å². The van der Waals surface area contributed by atoms with Crippen LogP contribution in [0.25, 0.3) is 0 Å². The summed E-state index contributed by atoms with van der Waals surface area (Å²) in [6, 6.07) is 4.61. The molecule has 0 heterocycles. The largest absolute Gasteiger partial charge is 0.480 e. The van der Waals surface area contributed by atoms with Gasteiger partial charge in [-0.1, -0.05) is 22.0 Å². The highest BCUT2D eigenvalue weighted by molar-refractivity contribution is 9.10. The standard InChI is InChI=1S/C13H18BrN3O3/c1-7(15)10-5-4-9(14)6-11(10)20-8(2)12(18)17-13(19)16-3/h4-8H,15H2,1-3H3,(H2,16,17,18,19). The maximum atomic E-state index is 11.7. The van der Waals surface area contributed by atoms with Crippen molar-refractivity contribution in [1.82, 2.24) is 10.6 Å². The molecule has 1 aromatic rings. The first-order valence-corrected chi connectivity index (χ1v) is 6.88. The first-order valence-electron chi connectivity index (χ1n) is 6.09. The van der Waals surface area contributed by atoms with Crippen LogP contribution in [0.2, 0.25) is 0 Å². The maximum Gasteiger partial charge on any atom is 0.321 e. The number of nitrogens with one attached hydrogen (secondary N) is 2. The lowest BCUT2D eigenvalue weighted by Gasteiger charge is -2.18. The summed E-state index contributed by atoms with van der Waals surface area (Å²) in [7, 11) is 1.43. The molecule has 0 saturated carbocycles. The van der Waals surface area contributed by atoms with Crippen molar-refractivity contribution in [3.8, 4) is 5.75 Å². The predicted octanol–water partition coefficient (Wildman–Crippen LogP) is 1.69. The number of benzene rings is 1. The van der Waals surface area contributed by atoms with E-state index in [0.717, 1.165) is 10.0 Å². The Kier molecular flexibility index (Phi) is 5.97. The van der Waals surface area contributed by atoms with E-state index in [0.29, 0.717) is 5.75 Å². The molecule has 1 rings (SSSR count). The number of carbonyl (C=O) groups excluding carboxylic acids is 2. The Morgan fingerprint density at radius 2 is 2.00 bits per heavy atom. The molecular formula is C13H18BrN3O3. The van der Waals surface area contributed by atoms with Crippen LogP contribution >= 0.6 is 15.9 Å². The molecule has 3 amide bonds. The second-order valence-corrected chi connectivity index (χ2v) is 5.21. The van der Waals surface area contributed by atoms with Crippen LogP contribution in [0.3, 0.4) is 0 Å². The summed E-state index contributed by atoms with van der Waals surface area (Å²) in [4.78, 5) is 22.8. The van der Waals surface area contributed by atoms with Crippen molar-refractivity contribution in [3.63, 3.8) is 0 Å². The van der Waals surface area contributed by atoms with Gasteiger partial charge in [-0.15, -0.1) is 0 Å². The summed E-state index contributed by atoms with van der Waals surface area (Å²) in [5, 5.41) is 4.46. The minimum Gasteiger partial charge on any atom is -0.480 e. The van der Waals surface area contributed by atoms with E-state index in [1.54, 1.807) is 13.0 Å². The third-order valence-electron chi connectivity index (χ3n) is 2.60. The van der Waals surface area contributed by atoms with Crippen LogP contribution in [0.4, 0.5) is 4.79 Å². The van der Waals surface area contributed by atoms with Gasteiger partial charge >= 0.3 is 6.03 Å². The number of ether oxygens (including phenoxy) is 1. The number of imide groups is 1. The molecule has 4 N–H and O–H groups in total. The van der Waals surface area contributed by atoms with Gasteiger partial charge in [-0.25, -0.2) is 4.79 Å². The van der Waals surface area contributed by atoms with Gasteiger partial charge in [0.05, 0.1) is 0 Å². The normalized spacial score (nSPS) is 13.2. The molecule has 0 aliphatic carbocycles. The first kappa shape index (κ1) is 16.5. The topological polar surface area (TPSA) is 93.5 Å². The second kappa shape index (κ2) is 7.25. The smallest absolute Gasteiger partial charge is 0.321 e. The number of urea groups is 1. The fourth-order valence-corrected chi connectivity index (χ4v) is 1.85. The molecule has 1 aromatic carbocycles. The van der Waals surface area contributed by atoms with Gasteiger partial charge in [0.25, 0.3) is 5.91 Å². The Morgan fingerprint density at radius 1 is 1.35 bits per heavy atom. The Balaban J connectivity index is 2.84. The van der Waals surface area contributed by atoms with Gasteiger partial charge in [0.1, 0.15) is 5.75 Å². The molecule has 7 heteroatoms. The lowest BCUT2D eigenvalue weighted by molar-refractivity contribution is -0.126. The molecule has 2 atom stereocenters. The monoisotopic (exact) mass is 343 g/mol. The minimum atomic E-state index is -0.820. The zero-order chi connectivity index (χ0) is 15.3. The molecule has 110 valence electrons. The van der Waals surface area contributed by atoms with Gasteiger partial charge in [0.15, 0.2) is 6.10 Å². The number of nitrogens with two attached hydrogens (primary N) is 1. The lowest BCUT2D eigenvalue weighted by Crippen LogP contribution is -2.44. The molecule has 0 bridgehead atoms. The molecule has 0 radical (unpaired) electrons. The fraction of sp³-hybridized carbons (Fsp3) is 0.385. The first-order chi connectivity index (χ1) is 9.35. The van der Waals surface area contributed by atoms with Crippen LogP contribution in [0, 0.1) is 0 Å². The third-order valence-corrected chi connectivity index (χ3v) is 3.10. The fourth-order valence-electron chi connectivity index (χ4n) is 1.51. The molecule has 0 aromatic heterocycles. The molecule has 2 unspecified atom stereocenters. The number of hydrogen-bond donors (Lipinski definition) is 3. The van der Waals surface area contributed by atoms with E-state index in [-0.39, 0.29) is 6.04 Å². The average molecular weight is 344 g/mol. The predicted molar refractivity (Wildman–Crippen MR) is 79.4 cm³/mol. The SMILES string of the molecule is CNC(=O)NC(=O)C(C)Oc1cc(Br)ccc1C(C)N. The van der Waals surface area contributed by atoms with Crippen molar-refractivity contribution >= 4 is 27.9 Å². The molecule has 6 nitrogen and oxygen atoms in total. The highest BCUT2D eigenvalue weighted by Crippen LogP contribution is 2.28.